The molecule has 0 unspecified atom stereocenters. The Bertz CT molecular complexity index is 474. The van der Waals surface area contributed by atoms with Gasteiger partial charge in [0.25, 0.3) is 0 Å². The summed E-state index contributed by atoms with van der Waals surface area (Å²) < 4.78 is 6.32. The van der Waals surface area contributed by atoms with E-state index in [-0.39, 0.29) is 5.75 Å². The molecule has 0 bridgehead atoms. The molecule has 16 heavy (non-hydrogen) atoms. The van der Waals surface area contributed by atoms with Crippen molar-refractivity contribution in [1.29, 1.82) is 0 Å². The summed E-state index contributed by atoms with van der Waals surface area (Å²) in [5.74, 6) is 0.906. The van der Waals surface area contributed by atoms with Crippen LogP contribution >= 0.6 is 15.9 Å². The fourth-order valence-corrected chi connectivity index (χ4v) is 1.60. The Morgan fingerprint density at radius 2 is 2.19 bits per heavy atom. The third kappa shape index (κ3) is 2.73. The van der Waals surface area contributed by atoms with Crippen LogP contribution in [-0.4, -0.2) is 10.1 Å². The molecule has 4 heteroatoms. The number of nitrogens with zero attached hydrogens (tertiary/aromatic N) is 1. The van der Waals surface area contributed by atoms with Gasteiger partial charge in [0, 0.05) is 16.2 Å². The number of pyridine rings is 1. The normalized spacial score (nSPS) is 10.1. The van der Waals surface area contributed by atoms with Crippen molar-refractivity contribution in [3.05, 3.63) is 52.8 Å². The third-order valence-electron chi connectivity index (χ3n) is 2.08. The summed E-state index contributed by atoms with van der Waals surface area (Å²) in [5, 5.41) is 9.64. The maximum atomic E-state index is 9.64. The van der Waals surface area contributed by atoms with Crippen molar-refractivity contribution in [2.45, 2.75) is 6.61 Å². The van der Waals surface area contributed by atoms with Crippen LogP contribution in [0.25, 0.3) is 0 Å². The van der Waals surface area contributed by atoms with E-state index >= 15 is 0 Å². The molecule has 0 spiro atoms. The Hall–Kier alpha value is -1.55. The van der Waals surface area contributed by atoms with Gasteiger partial charge in [0.1, 0.15) is 18.1 Å². The maximum Gasteiger partial charge on any atom is 0.138 e. The number of halogens is 1. The van der Waals surface area contributed by atoms with Gasteiger partial charge in [-0.15, -0.1) is 0 Å². The van der Waals surface area contributed by atoms with Gasteiger partial charge in [-0.1, -0.05) is 22.0 Å². The number of rotatable bonds is 3. The Morgan fingerprint density at radius 3 is 2.88 bits per heavy atom. The number of aromatic hydroxyl groups is 1. The van der Waals surface area contributed by atoms with E-state index in [4.69, 9.17) is 4.74 Å². The molecular formula is C12H10BrNO2. The Morgan fingerprint density at radius 1 is 1.31 bits per heavy atom. The second-order valence-electron chi connectivity index (χ2n) is 3.25. The van der Waals surface area contributed by atoms with Crippen molar-refractivity contribution in [2.75, 3.05) is 0 Å². The molecule has 0 aliphatic rings. The van der Waals surface area contributed by atoms with Gasteiger partial charge in [-0.05, 0) is 24.3 Å². The summed E-state index contributed by atoms with van der Waals surface area (Å²) in [6, 6.07) is 8.94. The molecular weight excluding hydrogens is 270 g/mol. The molecule has 0 saturated heterocycles. The third-order valence-corrected chi connectivity index (χ3v) is 2.57. The van der Waals surface area contributed by atoms with Crippen LogP contribution in [-0.2, 0) is 6.61 Å². The fourth-order valence-electron chi connectivity index (χ4n) is 1.25. The van der Waals surface area contributed by atoms with Crippen molar-refractivity contribution in [3.8, 4) is 11.5 Å². The van der Waals surface area contributed by atoms with E-state index < -0.39 is 0 Å². The van der Waals surface area contributed by atoms with E-state index in [1.54, 1.807) is 24.5 Å². The molecule has 1 heterocycles. The predicted molar refractivity (Wildman–Crippen MR) is 64.4 cm³/mol. The van der Waals surface area contributed by atoms with Gasteiger partial charge in [0.2, 0.25) is 0 Å². The van der Waals surface area contributed by atoms with Gasteiger partial charge in [0.05, 0.1) is 6.20 Å². The van der Waals surface area contributed by atoms with E-state index in [1.807, 2.05) is 18.2 Å². The van der Waals surface area contributed by atoms with Crippen molar-refractivity contribution >= 4 is 15.9 Å². The number of phenolic OH excluding ortho intramolecular Hbond substituents is 1. The first-order valence-electron chi connectivity index (χ1n) is 4.76. The average molecular weight is 280 g/mol. The summed E-state index contributed by atoms with van der Waals surface area (Å²) >= 11 is 3.28. The van der Waals surface area contributed by atoms with E-state index in [2.05, 4.69) is 20.9 Å². The minimum Gasteiger partial charge on any atom is -0.507 e. The molecule has 0 amide bonds. The average Bonchev–Trinajstić information content (AvgIpc) is 2.29. The van der Waals surface area contributed by atoms with Crippen LogP contribution in [0.1, 0.15) is 5.56 Å². The molecule has 1 N–H and O–H groups in total. The summed E-state index contributed by atoms with van der Waals surface area (Å²) in [5.41, 5.74) is 0.743. The second kappa shape index (κ2) is 4.99. The Kier molecular flexibility index (Phi) is 3.41. The highest BCUT2D eigenvalue weighted by atomic mass is 79.9. The first-order valence-corrected chi connectivity index (χ1v) is 5.55. The first-order chi connectivity index (χ1) is 7.75. The lowest BCUT2D eigenvalue weighted by Gasteiger charge is -2.07. The molecule has 1 aromatic heterocycles. The number of aromatic nitrogens is 1. The molecule has 3 nitrogen and oxygen atoms in total. The number of benzene rings is 1. The van der Waals surface area contributed by atoms with E-state index in [0.29, 0.717) is 12.4 Å². The first kappa shape index (κ1) is 11.0. The van der Waals surface area contributed by atoms with Crippen LogP contribution in [0.2, 0.25) is 0 Å². The Labute approximate surface area is 102 Å². The van der Waals surface area contributed by atoms with Gasteiger partial charge in [0.15, 0.2) is 0 Å². The zero-order chi connectivity index (χ0) is 11.4. The smallest absolute Gasteiger partial charge is 0.138 e. The van der Waals surface area contributed by atoms with Gasteiger partial charge in [-0.2, -0.15) is 0 Å². The summed E-state index contributed by atoms with van der Waals surface area (Å²) in [6.45, 7) is 0.324. The highest BCUT2D eigenvalue weighted by Gasteiger charge is 2.02. The van der Waals surface area contributed by atoms with E-state index in [9.17, 15) is 5.11 Å². The van der Waals surface area contributed by atoms with E-state index in [0.717, 1.165) is 10.0 Å². The molecule has 0 radical (unpaired) electrons. The van der Waals surface area contributed by atoms with Gasteiger partial charge in [-0.3, -0.25) is 4.98 Å². The number of hydrogen-bond donors (Lipinski definition) is 1. The van der Waals surface area contributed by atoms with Crippen LogP contribution < -0.4 is 4.74 Å². The quantitative estimate of drug-likeness (QED) is 0.939. The molecule has 0 saturated carbocycles. The van der Waals surface area contributed by atoms with Crippen LogP contribution in [0.3, 0.4) is 0 Å². The second-order valence-corrected chi connectivity index (χ2v) is 4.17. The predicted octanol–water partition coefficient (Wildman–Crippen LogP) is 3.13. The zero-order valence-corrected chi connectivity index (χ0v) is 10.0. The SMILES string of the molecule is Oc1cc(Br)ccc1COc1cccnc1. The standard InChI is InChI=1S/C12H10BrNO2/c13-10-4-3-9(12(15)6-10)8-16-11-2-1-5-14-7-11/h1-7,15H,8H2. The van der Waals surface area contributed by atoms with Crippen LogP contribution in [0, 0.1) is 0 Å². The van der Waals surface area contributed by atoms with Gasteiger partial charge < -0.3 is 9.84 Å². The molecule has 0 aliphatic carbocycles. The minimum atomic E-state index is 0.221. The van der Waals surface area contributed by atoms with Crippen LogP contribution in [0.4, 0.5) is 0 Å². The highest BCUT2D eigenvalue weighted by Crippen LogP contribution is 2.23. The molecule has 82 valence electrons. The van der Waals surface area contributed by atoms with Crippen LogP contribution in [0.15, 0.2) is 47.2 Å². The van der Waals surface area contributed by atoms with Crippen molar-refractivity contribution in [3.63, 3.8) is 0 Å². The molecule has 0 aliphatic heterocycles. The largest absolute Gasteiger partial charge is 0.507 e. The van der Waals surface area contributed by atoms with Crippen molar-refractivity contribution in [1.82, 2.24) is 4.98 Å². The Balaban J connectivity index is 2.05. The van der Waals surface area contributed by atoms with Gasteiger partial charge in [-0.25, -0.2) is 0 Å². The van der Waals surface area contributed by atoms with E-state index in [1.165, 1.54) is 0 Å². The molecule has 1 aromatic carbocycles. The number of phenols is 1. The number of hydrogen-bond acceptors (Lipinski definition) is 3. The monoisotopic (exact) mass is 279 g/mol. The molecule has 2 aromatic rings. The van der Waals surface area contributed by atoms with Crippen molar-refractivity contribution in [2.24, 2.45) is 0 Å². The zero-order valence-electron chi connectivity index (χ0n) is 8.43. The topological polar surface area (TPSA) is 42.4 Å². The summed E-state index contributed by atoms with van der Waals surface area (Å²) in [7, 11) is 0. The lowest BCUT2D eigenvalue weighted by molar-refractivity contribution is 0.298. The number of ether oxygens (including phenoxy) is 1. The lowest BCUT2D eigenvalue weighted by atomic mass is 10.2. The van der Waals surface area contributed by atoms with Crippen LogP contribution in [0.5, 0.6) is 11.5 Å². The summed E-state index contributed by atoms with van der Waals surface area (Å²) in [6.07, 6.45) is 3.32. The van der Waals surface area contributed by atoms with Gasteiger partial charge >= 0.3 is 0 Å². The highest BCUT2D eigenvalue weighted by molar-refractivity contribution is 9.10. The maximum absolute atomic E-state index is 9.64. The minimum absolute atomic E-state index is 0.221. The lowest BCUT2D eigenvalue weighted by Crippen LogP contribution is -1.95. The van der Waals surface area contributed by atoms with Crippen molar-refractivity contribution < 1.29 is 9.84 Å². The summed E-state index contributed by atoms with van der Waals surface area (Å²) in [4.78, 5) is 3.94. The molecule has 2 rings (SSSR count). The molecule has 0 fully saturated rings. The molecule has 0 atom stereocenters. The fraction of sp³-hybridized carbons (Fsp3) is 0.0833.